The minimum Gasteiger partial charge on any atom is -0.309 e. The molecule has 9 nitrogen and oxygen atoms in total. The number of hydrogen-bond donors (Lipinski definition) is 0. The second kappa shape index (κ2) is 17.9. The van der Waals surface area contributed by atoms with E-state index in [1.54, 1.807) is 0 Å². The van der Waals surface area contributed by atoms with Gasteiger partial charge in [-0.15, -0.1) is 0 Å². The SMILES string of the molecule is c1ccc(-c2nc(-c3ccccc3)nc(-c3cc(-n4c5ccc(-c6ccncc6)cc5c5cc(-c6ccncc6)ccc54)cc(-n4c5ccc(-c6ccncc6)cc5c5cc(-c6ccncc6)ccc54)c3)n2)cc1. The Morgan fingerprint density at radius 3 is 0.797 bits per heavy atom. The highest BCUT2D eigenvalue weighted by molar-refractivity contribution is 6.13. The van der Waals surface area contributed by atoms with Crippen LogP contribution in [0.25, 0.3) is 134 Å². The third-order valence-corrected chi connectivity index (χ3v) is 14.0. The van der Waals surface area contributed by atoms with Crippen molar-refractivity contribution in [3.8, 4) is 90.0 Å². The van der Waals surface area contributed by atoms with Crippen LogP contribution < -0.4 is 0 Å². The smallest absolute Gasteiger partial charge is 0.164 e. The second-order valence-electron chi connectivity index (χ2n) is 18.3. The summed E-state index contributed by atoms with van der Waals surface area (Å²) in [6.45, 7) is 0. The van der Waals surface area contributed by atoms with Crippen LogP contribution in [0.2, 0.25) is 0 Å². The van der Waals surface area contributed by atoms with E-state index in [1.165, 1.54) is 0 Å². The summed E-state index contributed by atoms with van der Waals surface area (Å²) in [4.78, 5) is 33.0. The van der Waals surface area contributed by atoms with E-state index < -0.39 is 0 Å². The third kappa shape index (κ3) is 7.55. The molecule has 0 saturated carbocycles. The molecular weight excluding hydrogens is 907 g/mol. The number of nitrogens with zero attached hydrogens (tertiary/aromatic N) is 9. The van der Waals surface area contributed by atoms with Crippen molar-refractivity contribution in [2.45, 2.75) is 0 Å². The van der Waals surface area contributed by atoms with Crippen molar-refractivity contribution in [1.82, 2.24) is 44.0 Å². The zero-order valence-corrected chi connectivity index (χ0v) is 39.7. The lowest BCUT2D eigenvalue weighted by Crippen LogP contribution is -2.03. The number of fused-ring (bicyclic) bond motifs is 6. The summed E-state index contributed by atoms with van der Waals surface area (Å²) in [6, 6.07) is 70.6. The van der Waals surface area contributed by atoms with Crippen LogP contribution in [0.4, 0.5) is 0 Å². The maximum Gasteiger partial charge on any atom is 0.164 e. The molecule has 0 atom stereocenters. The number of pyridine rings is 4. The average molecular weight is 948 g/mol. The van der Waals surface area contributed by atoms with Gasteiger partial charge in [0, 0.05) is 99.2 Å². The summed E-state index contributed by atoms with van der Waals surface area (Å²) < 4.78 is 4.78. The predicted octanol–water partition coefficient (Wildman–Crippen LogP) is 15.3. The van der Waals surface area contributed by atoms with Crippen LogP contribution in [0.5, 0.6) is 0 Å². The molecule has 0 saturated heterocycles. The third-order valence-electron chi connectivity index (χ3n) is 14.0. The molecule has 0 N–H and O–H groups in total. The van der Waals surface area contributed by atoms with Gasteiger partial charge >= 0.3 is 0 Å². The summed E-state index contributed by atoms with van der Waals surface area (Å²) in [5.41, 5.74) is 17.6. The molecule has 0 aliphatic carbocycles. The van der Waals surface area contributed by atoms with Crippen molar-refractivity contribution < 1.29 is 0 Å². The predicted molar refractivity (Wildman–Crippen MR) is 298 cm³/mol. The lowest BCUT2D eigenvalue weighted by atomic mass is 10.0. The van der Waals surface area contributed by atoms with Gasteiger partial charge in [-0.3, -0.25) is 19.9 Å². The van der Waals surface area contributed by atoms with E-state index in [4.69, 9.17) is 15.0 Å². The first-order chi connectivity index (χ1) is 36.7. The first-order valence-corrected chi connectivity index (χ1v) is 24.5. The Labute approximate surface area is 425 Å². The average Bonchev–Trinajstić information content (AvgIpc) is 3.99. The molecule has 7 heterocycles. The minimum absolute atomic E-state index is 0.558. The summed E-state index contributed by atoms with van der Waals surface area (Å²) in [5, 5.41) is 4.50. The topological polar surface area (TPSA) is 100 Å². The molecule has 9 heteroatoms. The molecule has 0 unspecified atom stereocenters. The van der Waals surface area contributed by atoms with Crippen molar-refractivity contribution in [1.29, 1.82) is 0 Å². The molecule has 0 fully saturated rings. The van der Waals surface area contributed by atoms with Gasteiger partial charge in [0.2, 0.25) is 0 Å². The largest absolute Gasteiger partial charge is 0.309 e. The van der Waals surface area contributed by atoms with E-state index >= 15 is 0 Å². The number of hydrogen-bond acceptors (Lipinski definition) is 7. The van der Waals surface area contributed by atoms with Crippen LogP contribution in [-0.2, 0) is 0 Å². The fourth-order valence-corrected chi connectivity index (χ4v) is 10.4. The van der Waals surface area contributed by atoms with Crippen molar-refractivity contribution in [3.63, 3.8) is 0 Å². The Balaban J connectivity index is 1.07. The van der Waals surface area contributed by atoms with Crippen LogP contribution in [0.3, 0.4) is 0 Å². The van der Waals surface area contributed by atoms with Crippen molar-refractivity contribution >= 4 is 43.6 Å². The van der Waals surface area contributed by atoms with Gasteiger partial charge in [-0.05, 0) is 160 Å². The molecule has 0 amide bonds. The molecule has 74 heavy (non-hydrogen) atoms. The van der Waals surface area contributed by atoms with Gasteiger partial charge < -0.3 is 9.13 Å². The minimum atomic E-state index is 0.558. The normalized spacial score (nSPS) is 11.5. The number of rotatable bonds is 9. The lowest BCUT2D eigenvalue weighted by Gasteiger charge is -2.16. The van der Waals surface area contributed by atoms with Crippen LogP contribution >= 0.6 is 0 Å². The van der Waals surface area contributed by atoms with Gasteiger partial charge in [-0.25, -0.2) is 15.0 Å². The highest BCUT2D eigenvalue weighted by atomic mass is 15.0. The number of aromatic nitrogens is 9. The molecule has 7 aromatic heterocycles. The van der Waals surface area contributed by atoms with Crippen molar-refractivity contribution in [3.05, 3.63) is 250 Å². The van der Waals surface area contributed by atoms with Crippen molar-refractivity contribution in [2.75, 3.05) is 0 Å². The molecule has 0 aliphatic rings. The van der Waals surface area contributed by atoms with Gasteiger partial charge in [-0.2, -0.15) is 0 Å². The van der Waals surface area contributed by atoms with E-state index in [1.807, 2.05) is 110 Å². The Morgan fingerprint density at radius 1 is 0.216 bits per heavy atom. The molecule has 0 aliphatic heterocycles. The highest BCUT2D eigenvalue weighted by Gasteiger charge is 2.22. The van der Waals surface area contributed by atoms with Crippen LogP contribution in [0.15, 0.2) is 250 Å². The fourth-order valence-electron chi connectivity index (χ4n) is 10.4. The van der Waals surface area contributed by atoms with E-state index in [0.717, 1.165) is 116 Å². The first-order valence-electron chi connectivity index (χ1n) is 24.5. The quantitative estimate of drug-likeness (QED) is 0.142. The van der Waals surface area contributed by atoms with E-state index in [2.05, 4.69) is 169 Å². The van der Waals surface area contributed by atoms with Crippen LogP contribution in [0.1, 0.15) is 0 Å². The molecular formula is C65H41N9. The molecule has 0 radical (unpaired) electrons. The number of benzene rings is 7. The molecule has 0 spiro atoms. The zero-order chi connectivity index (χ0) is 49.0. The summed E-state index contributed by atoms with van der Waals surface area (Å²) in [6.07, 6.45) is 14.8. The Hall–Kier alpha value is -10.3. The van der Waals surface area contributed by atoms with Crippen molar-refractivity contribution in [2.24, 2.45) is 0 Å². The maximum absolute atomic E-state index is 5.31. The Bertz CT molecular complexity index is 3920. The molecule has 7 aromatic carbocycles. The van der Waals surface area contributed by atoms with Gasteiger partial charge in [0.15, 0.2) is 17.5 Å². The molecule has 14 aromatic rings. The van der Waals surface area contributed by atoms with E-state index in [9.17, 15) is 0 Å². The maximum atomic E-state index is 5.31. The van der Waals surface area contributed by atoms with E-state index in [-0.39, 0.29) is 0 Å². The van der Waals surface area contributed by atoms with Gasteiger partial charge in [0.1, 0.15) is 0 Å². The Morgan fingerprint density at radius 2 is 0.500 bits per heavy atom. The highest BCUT2D eigenvalue weighted by Crippen LogP contribution is 2.42. The van der Waals surface area contributed by atoms with Gasteiger partial charge in [0.25, 0.3) is 0 Å². The fraction of sp³-hybridized carbons (Fsp3) is 0. The molecule has 346 valence electrons. The second-order valence-corrected chi connectivity index (χ2v) is 18.3. The Kier molecular flexibility index (Phi) is 10.3. The molecule has 0 bridgehead atoms. The van der Waals surface area contributed by atoms with Gasteiger partial charge in [-0.1, -0.05) is 84.9 Å². The monoisotopic (exact) mass is 947 g/mol. The summed E-state index contributed by atoms with van der Waals surface area (Å²) in [7, 11) is 0. The molecule has 14 rings (SSSR count). The van der Waals surface area contributed by atoms with E-state index in [0.29, 0.717) is 17.5 Å². The standard InChI is InChI=1S/C65H41N9/c1-3-7-46(8-4-1)63-70-64(47-9-5-2-6-10-47)72-65(71-63)52-35-53(73-59-15-11-48(42-19-27-66-28-20-42)37-55(59)56-38-49(12-16-60(56)73)43-21-29-67-30-22-43)41-54(36-52)74-61-17-13-50(44-23-31-68-32-24-44)39-57(61)58-40-51(14-18-62(58)74)45-25-33-69-34-26-45/h1-41H. The van der Waals surface area contributed by atoms with Crippen LogP contribution in [-0.4, -0.2) is 44.0 Å². The summed E-state index contributed by atoms with van der Waals surface area (Å²) in [5.74, 6) is 1.74. The zero-order valence-electron chi connectivity index (χ0n) is 39.7. The van der Waals surface area contributed by atoms with Gasteiger partial charge in [0.05, 0.1) is 22.1 Å². The van der Waals surface area contributed by atoms with Crippen LogP contribution in [0, 0.1) is 0 Å². The first kappa shape index (κ1) is 42.6. The lowest BCUT2D eigenvalue weighted by molar-refractivity contribution is 1.07. The summed E-state index contributed by atoms with van der Waals surface area (Å²) >= 11 is 0.